The molecule has 116 valence electrons. The summed E-state index contributed by atoms with van der Waals surface area (Å²) in [5.74, 6) is 0.644. The maximum atomic E-state index is 11.8. The maximum absolute atomic E-state index is 11.8. The van der Waals surface area contributed by atoms with E-state index in [-0.39, 0.29) is 6.03 Å². The minimum atomic E-state index is -0.107. The Hall–Kier alpha value is -1.42. The van der Waals surface area contributed by atoms with E-state index in [9.17, 15) is 4.79 Å². The molecule has 0 atom stereocenters. The van der Waals surface area contributed by atoms with Crippen LogP contribution in [0.3, 0.4) is 0 Å². The van der Waals surface area contributed by atoms with Crippen molar-refractivity contribution in [2.24, 2.45) is 0 Å². The summed E-state index contributed by atoms with van der Waals surface area (Å²) in [5, 5.41) is 6.44. The molecule has 1 saturated carbocycles. The van der Waals surface area contributed by atoms with Gasteiger partial charge in [0.15, 0.2) is 0 Å². The van der Waals surface area contributed by atoms with Crippen molar-refractivity contribution in [1.29, 1.82) is 0 Å². The highest BCUT2D eigenvalue weighted by Gasteiger charge is 2.14. The number of halogens is 1. The summed E-state index contributed by atoms with van der Waals surface area (Å²) in [7, 11) is 0. The van der Waals surface area contributed by atoms with Crippen LogP contribution in [0.1, 0.15) is 38.5 Å². The van der Waals surface area contributed by atoms with Crippen LogP contribution < -0.4 is 15.4 Å². The lowest BCUT2D eigenvalue weighted by Crippen LogP contribution is -2.43. The van der Waals surface area contributed by atoms with Crippen LogP contribution in [0.5, 0.6) is 5.75 Å². The monoisotopic (exact) mass is 310 g/mol. The number of rotatable bonds is 5. The minimum absolute atomic E-state index is 0.107. The van der Waals surface area contributed by atoms with Crippen molar-refractivity contribution >= 4 is 17.6 Å². The lowest BCUT2D eigenvalue weighted by atomic mass is 10.1. The predicted octanol–water partition coefficient (Wildman–Crippen LogP) is 3.74. The van der Waals surface area contributed by atoms with Crippen molar-refractivity contribution in [3.8, 4) is 5.75 Å². The van der Waals surface area contributed by atoms with Gasteiger partial charge in [0, 0.05) is 6.04 Å². The van der Waals surface area contributed by atoms with E-state index < -0.39 is 0 Å². The first-order valence-electron chi connectivity index (χ1n) is 7.67. The molecule has 0 bridgehead atoms. The molecule has 2 amide bonds. The SMILES string of the molecule is O=C(NCCOc1ccccc1Cl)NC1CCCCCC1. The normalized spacial score (nSPS) is 16.0. The highest BCUT2D eigenvalue weighted by atomic mass is 35.5. The van der Waals surface area contributed by atoms with E-state index in [1.54, 1.807) is 6.07 Å². The topological polar surface area (TPSA) is 50.4 Å². The van der Waals surface area contributed by atoms with Crippen LogP contribution in [0.25, 0.3) is 0 Å². The number of para-hydroxylation sites is 1. The lowest BCUT2D eigenvalue weighted by molar-refractivity contribution is 0.231. The third-order valence-electron chi connectivity index (χ3n) is 3.67. The van der Waals surface area contributed by atoms with E-state index in [0.29, 0.717) is 30.0 Å². The van der Waals surface area contributed by atoms with Crippen LogP contribution >= 0.6 is 11.6 Å². The molecule has 1 aliphatic rings. The summed E-state index contributed by atoms with van der Waals surface area (Å²) >= 11 is 5.99. The summed E-state index contributed by atoms with van der Waals surface area (Å²) in [6.45, 7) is 0.867. The van der Waals surface area contributed by atoms with Crippen LogP contribution in [-0.2, 0) is 0 Å². The van der Waals surface area contributed by atoms with E-state index in [1.165, 1.54) is 25.7 Å². The molecular formula is C16H23ClN2O2. The van der Waals surface area contributed by atoms with Gasteiger partial charge in [0.05, 0.1) is 11.6 Å². The zero-order valence-corrected chi connectivity index (χ0v) is 13.0. The van der Waals surface area contributed by atoms with Gasteiger partial charge < -0.3 is 15.4 Å². The molecule has 5 heteroatoms. The van der Waals surface area contributed by atoms with Crippen LogP contribution in [0.2, 0.25) is 5.02 Å². The molecule has 0 aromatic heterocycles. The molecule has 1 aromatic rings. The summed E-state index contributed by atoms with van der Waals surface area (Å²) < 4.78 is 5.52. The number of benzene rings is 1. The molecule has 21 heavy (non-hydrogen) atoms. The third-order valence-corrected chi connectivity index (χ3v) is 3.98. The summed E-state index contributed by atoms with van der Waals surface area (Å²) in [6, 6.07) is 7.53. The Morgan fingerprint density at radius 1 is 1.19 bits per heavy atom. The van der Waals surface area contributed by atoms with Gasteiger partial charge in [-0.05, 0) is 25.0 Å². The van der Waals surface area contributed by atoms with Gasteiger partial charge >= 0.3 is 6.03 Å². The molecule has 0 saturated heterocycles. The zero-order chi connectivity index (χ0) is 14.9. The van der Waals surface area contributed by atoms with E-state index in [2.05, 4.69) is 10.6 Å². The molecule has 0 unspecified atom stereocenters. The Labute approximate surface area is 131 Å². The number of carbonyl (C=O) groups is 1. The van der Waals surface area contributed by atoms with E-state index in [0.717, 1.165) is 12.8 Å². The fourth-order valence-electron chi connectivity index (χ4n) is 2.55. The second kappa shape index (κ2) is 8.78. The number of hydrogen-bond acceptors (Lipinski definition) is 2. The lowest BCUT2D eigenvalue weighted by Gasteiger charge is -2.16. The first-order chi connectivity index (χ1) is 10.3. The largest absolute Gasteiger partial charge is 0.490 e. The minimum Gasteiger partial charge on any atom is -0.490 e. The summed E-state index contributed by atoms with van der Waals surface area (Å²) in [5.41, 5.74) is 0. The average molecular weight is 311 g/mol. The van der Waals surface area contributed by atoms with Gasteiger partial charge in [0.1, 0.15) is 12.4 Å². The highest BCUT2D eigenvalue weighted by molar-refractivity contribution is 6.32. The molecule has 0 radical (unpaired) electrons. The van der Waals surface area contributed by atoms with Crippen molar-refractivity contribution in [3.63, 3.8) is 0 Å². The Balaban J connectivity index is 1.62. The summed E-state index contributed by atoms with van der Waals surface area (Å²) in [6.07, 6.45) is 7.16. The van der Waals surface area contributed by atoms with Crippen LogP contribution in [0.15, 0.2) is 24.3 Å². The van der Waals surface area contributed by atoms with Crippen molar-refractivity contribution < 1.29 is 9.53 Å². The number of amides is 2. The maximum Gasteiger partial charge on any atom is 0.315 e. The molecule has 1 aliphatic carbocycles. The van der Waals surface area contributed by atoms with E-state index in [4.69, 9.17) is 16.3 Å². The fraction of sp³-hybridized carbons (Fsp3) is 0.562. The highest BCUT2D eigenvalue weighted by Crippen LogP contribution is 2.22. The van der Waals surface area contributed by atoms with Crippen molar-refractivity contribution in [3.05, 3.63) is 29.3 Å². The molecule has 2 N–H and O–H groups in total. The van der Waals surface area contributed by atoms with Crippen molar-refractivity contribution in [2.75, 3.05) is 13.2 Å². The molecule has 0 heterocycles. The van der Waals surface area contributed by atoms with E-state index in [1.807, 2.05) is 18.2 Å². The van der Waals surface area contributed by atoms with Crippen LogP contribution in [-0.4, -0.2) is 25.2 Å². The van der Waals surface area contributed by atoms with E-state index >= 15 is 0 Å². The van der Waals surface area contributed by atoms with Gasteiger partial charge in [-0.3, -0.25) is 0 Å². The fourth-order valence-corrected chi connectivity index (χ4v) is 2.74. The van der Waals surface area contributed by atoms with Gasteiger partial charge in [-0.2, -0.15) is 0 Å². The van der Waals surface area contributed by atoms with Crippen molar-refractivity contribution in [2.45, 2.75) is 44.6 Å². The van der Waals surface area contributed by atoms with Gasteiger partial charge in [-0.25, -0.2) is 4.79 Å². The molecule has 0 spiro atoms. The average Bonchev–Trinajstić information content (AvgIpc) is 2.74. The second-order valence-electron chi connectivity index (χ2n) is 5.37. The molecule has 0 aliphatic heterocycles. The molecule has 4 nitrogen and oxygen atoms in total. The Morgan fingerprint density at radius 2 is 1.90 bits per heavy atom. The molecule has 2 rings (SSSR count). The molecule has 1 fully saturated rings. The number of urea groups is 1. The quantitative estimate of drug-likeness (QED) is 0.643. The number of ether oxygens (including phenoxy) is 1. The van der Waals surface area contributed by atoms with Crippen LogP contribution in [0.4, 0.5) is 4.79 Å². The number of carbonyl (C=O) groups excluding carboxylic acids is 1. The Kier molecular flexibility index (Phi) is 6.67. The smallest absolute Gasteiger partial charge is 0.315 e. The molecular weight excluding hydrogens is 288 g/mol. The molecule has 1 aromatic carbocycles. The Morgan fingerprint density at radius 3 is 2.62 bits per heavy atom. The zero-order valence-electron chi connectivity index (χ0n) is 12.2. The Bertz CT molecular complexity index is 446. The van der Waals surface area contributed by atoms with Gasteiger partial charge in [-0.1, -0.05) is 49.4 Å². The first-order valence-corrected chi connectivity index (χ1v) is 8.05. The van der Waals surface area contributed by atoms with Crippen molar-refractivity contribution in [1.82, 2.24) is 10.6 Å². The first kappa shape index (κ1) is 16.0. The standard InChI is InChI=1S/C16H23ClN2O2/c17-14-9-5-6-10-15(14)21-12-11-18-16(20)19-13-7-3-1-2-4-8-13/h5-6,9-10,13H,1-4,7-8,11-12H2,(H2,18,19,20). The number of nitrogens with one attached hydrogen (secondary N) is 2. The second-order valence-corrected chi connectivity index (χ2v) is 5.77. The van der Waals surface area contributed by atoms with Crippen LogP contribution in [0, 0.1) is 0 Å². The van der Waals surface area contributed by atoms with Gasteiger partial charge in [-0.15, -0.1) is 0 Å². The number of hydrogen-bond donors (Lipinski definition) is 2. The summed E-state index contributed by atoms with van der Waals surface area (Å²) in [4.78, 5) is 11.8. The van der Waals surface area contributed by atoms with Gasteiger partial charge in [0.25, 0.3) is 0 Å². The third kappa shape index (κ3) is 5.84. The van der Waals surface area contributed by atoms with Gasteiger partial charge in [0.2, 0.25) is 0 Å². The predicted molar refractivity (Wildman–Crippen MR) is 85.0 cm³/mol.